The molecule has 0 heterocycles. The Morgan fingerprint density at radius 3 is 1.24 bits per heavy atom. The van der Waals surface area contributed by atoms with Crippen LogP contribution in [0.5, 0.6) is 5.75 Å². The number of phenols is 1. The number of aromatic hydroxyl groups is 1. The van der Waals surface area contributed by atoms with E-state index in [2.05, 4.69) is 113 Å². The molecular weight excluding hydrogens is 400 g/mol. The van der Waals surface area contributed by atoms with Crippen molar-refractivity contribution in [2.45, 2.75) is 130 Å². The van der Waals surface area contributed by atoms with Crippen LogP contribution in [0.25, 0.3) is 11.1 Å². The maximum atomic E-state index is 12.3. The van der Waals surface area contributed by atoms with Gasteiger partial charge in [-0.1, -0.05) is 113 Å². The molecule has 2 rings (SSSR count). The molecular formula is C32H50O. The zero-order chi connectivity index (χ0) is 25.4. The van der Waals surface area contributed by atoms with Crippen LogP contribution in [0.3, 0.4) is 0 Å². The second-order valence-corrected chi connectivity index (χ2v) is 12.5. The third-order valence-corrected chi connectivity index (χ3v) is 8.78. The molecule has 0 aliphatic heterocycles. The summed E-state index contributed by atoms with van der Waals surface area (Å²) in [4.78, 5) is 0. The van der Waals surface area contributed by atoms with Crippen molar-refractivity contribution in [3.05, 3.63) is 52.6 Å². The Kier molecular flexibility index (Phi) is 7.89. The zero-order valence-electron chi connectivity index (χ0n) is 23.7. The number of phenolic OH excluding ortho intramolecular Hbond substituents is 1. The zero-order valence-corrected chi connectivity index (χ0v) is 23.7. The number of benzene rings is 2. The Balaban J connectivity index is 3.42. The fourth-order valence-electron chi connectivity index (χ4n) is 5.02. The van der Waals surface area contributed by atoms with Gasteiger partial charge in [-0.3, -0.25) is 0 Å². The highest BCUT2D eigenvalue weighted by molar-refractivity contribution is 5.81. The normalized spacial score (nSPS) is 13.5. The van der Waals surface area contributed by atoms with Crippen molar-refractivity contribution in [2.75, 3.05) is 0 Å². The summed E-state index contributed by atoms with van der Waals surface area (Å²) in [6.07, 6.45) is 4.08. The average Bonchev–Trinajstić information content (AvgIpc) is 2.78. The highest BCUT2D eigenvalue weighted by atomic mass is 16.3. The van der Waals surface area contributed by atoms with Gasteiger partial charge in [0.15, 0.2) is 0 Å². The summed E-state index contributed by atoms with van der Waals surface area (Å²) < 4.78 is 0. The van der Waals surface area contributed by atoms with E-state index in [1.54, 1.807) is 0 Å². The van der Waals surface area contributed by atoms with Gasteiger partial charge in [0.2, 0.25) is 0 Å². The topological polar surface area (TPSA) is 20.2 Å². The Hall–Kier alpha value is -1.76. The molecule has 0 fully saturated rings. The van der Waals surface area contributed by atoms with E-state index in [9.17, 15) is 5.11 Å². The first kappa shape index (κ1) is 27.5. The van der Waals surface area contributed by atoms with Gasteiger partial charge in [0.1, 0.15) is 5.75 Å². The first-order chi connectivity index (χ1) is 15.1. The molecule has 0 aromatic heterocycles. The van der Waals surface area contributed by atoms with Crippen LogP contribution in [0, 0.1) is 0 Å². The molecule has 2 aromatic carbocycles. The molecule has 33 heavy (non-hydrogen) atoms. The summed E-state index contributed by atoms with van der Waals surface area (Å²) in [6.45, 7) is 28.0. The maximum Gasteiger partial charge on any atom is 0.127 e. The van der Waals surface area contributed by atoms with Gasteiger partial charge >= 0.3 is 0 Å². The molecule has 0 bridgehead atoms. The molecule has 0 radical (unpaired) electrons. The van der Waals surface area contributed by atoms with Gasteiger partial charge in [-0.2, -0.15) is 0 Å². The first-order valence-corrected chi connectivity index (χ1v) is 13.1. The lowest BCUT2D eigenvalue weighted by Crippen LogP contribution is -2.35. The van der Waals surface area contributed by atoms with E-state index in [0.717, 1.165) is 42.4 Å². The van der Waals surface area contributed by atoms with Crippen LogP contribution in [0.4, 0.5) is 0 Å². The largest absolute Gasteiger partial charge is 0.507 e. The molecule has 0 amide bonds. The molecule has 0 atom stereocenters. The predicted molar refractivity (Wildman–Crippen MR) is 147 cm³/mol. The van der Waals surface area contributed by atoms with Gasteiger partial charge in [-0.25, -0.2) is 0 Å². The third-order valence-electron chi connectivity index (χ3n) is 8.78. The van der Waals surface area contributed by atoms with Crippen LogP contribution in [0.2, 0.25) is 0 Å². The van der Waals surface area contributed by atoms with E-state index in [4.69, 9.17) is 0 Å². The lowest BCUT2D eigenvalue weighted by molar-refractivity contribution is 0.385. The van der Waals surface area contributed by atoms with Crippen LogP contribution in [0.15, 0.2) is 30.3 Å². The van der Waals surface area contributed by atoms with E-state index in [1.807, 2.05) is 0 Å². The molecule has 0 saturated carbocycles. The van der Waals surface area contributed by atoms with Gasteiger partial charge in [0.05, 0.1) is 0 Å². The minimum absolute atomic E-state index is 0.0145. The van der Waals surface area contributed by atoms with Gasteiger partial charge < -0.3 is 5.11 Å². The van der Waals surface area contributed by atoms with Crippen LogP contribution in [-0.2, 0) is 21.7 Å². The first-order valence-electron chi connectivity index (χ1n) is 13.1. The fraction of sp³-hybridized carbons (Fsp3) is 0.625. The Morgan fingerprint density at radius 1 is 0.515 bits per heavy atom. The second kappa shape index (κ2) is 9.47. The van der Waals surface area contributed by atoms with E-state index in [-0.39, 0.29) is 21.7 Å². The van der Waals surface area contributed by atoms with E-state index < -0.39 is 0 Å². The molecule has 184 valence electrons. The molecule has 0 unspecified atom stereocenters. The third kappa shape index (κ3) is 4.89. The molecule has 1 N–H and O–H groups in total. The van der Waals surface area contributed by atoms with Crippen LogP contribution in [0.1, 0.15) is 131 Å². The monoisotopic (exact) mass is 450 g/mol. The van der Waals surface area contributed by atoms with Crippen molar-refractivity contribution in [3.63, 3.8) is 0 Å². The molecule has 2 aromatic rings. The summed E-state index contributed by atoms with van der Waals surface area (Å²) in [5, 5.41) is 12.3. The quantitative estimate of drug-likeness (QED) is 0.403. The Labute approximate surface area is 205 Å². The number of hydrogen-bond acceptors (Lipinski definition) is 1. The Bertz CT molecular complexity index is 958. The summed E-state index contributed by atoms with van der Waals surface area (Å²) in [5.74, 6) is 0.497. The molecule has 0 spiro atoms. The molecule has 0 aliphatic rings. The molecule has 1 nitrogen and oxygen atoms in total. The van der Waals surface area contributed by atoms with Crippen molar-refractivity contribution in [1.29, 1.82) is 0 Å². The SMILES string of the molecule is CCC(C)(C)c1c(O)c(-c2ccccc2)c(C(C)(C)CC)c(C(C)(C)CC)c1C(C)(C)CC. The van der Waals surface area contributed by atoms with Crippen molar-refractivity contribution < 1.29 is 5.11 Å². The summed E-state index contributed by atoms with van der Waals surface area (Å²) in [7, 11) is 0. The minimum Gasteiger partial charge on any atom is -0.507 e. The smallest absolute Gasteiger partial charge is 0.127 e. The van der Waals surface area contributed by atoms with E-state index in [0.29, 0.717) is 5.75 Å². The van der Waals surface area contributed by atoms with Crippen molar-refractivity contribution in [3.8, 4) is 16.9 Å². The number of hydrogen-bond donors (Lipinski definition) is 1. The average molecular weight is 451 g/mol. The second-order valence-electron chi connectivity index (χ2n) is 12.5. The highest BCUT2D eigenvalue weighted by Gasteiger charge is 2.43. The summed E-state index contributed by atoms with van der Waals surface area (Å²) in [5.41, 5.74) is 7.25. The van der Waals surface area contributed by atoms with Crippen molar-refractivity contribution >= 4 is 0 Å². The van der Waals surface area contributed by atoms with Gasteiger partial charge in [-0.05, 0) is 69.6 Å². The predicted octanol–water partition coefficient (Wildman–Crippen LogP) is 9.81. The molecule has 1 heteroatoms. The van der Waals surface area contributed by atoms with E-state index in [1.165, 1.54) is 16.7 Å². The van der Waals surface area contributed by atoms with Gasteiger partial charge in [0, 0.05) is 11.1 Å². The lowest BCUT2D eigenvalue weighted by Gasteiger charge is -2.45. The van der Waals surface area contributed by atoms with Crippen molar-refractivity contribution in [1.82, 2.24) is 0 Å². The molecule has 0 aliphatic carbocycles. The van der Waals surface area contributed by atoms with Crippen LogP contribution >= 0.6 is 0 Å². The van der Waals surface area contributed by atoms with Crippen LogP contribution in [-0.4, -0.2) is 5.11 Å². The number of rotatable bonds is 9. The molecule has 0 saturated heterocycles. The minimum atomic E-state index is -0.136. The summed E-state index contributed by atoms with van der Waals surface area (Å²) in [6, 6.07) is 10.6. The highest BCUT2D eigenvalue weighted by Crippen LogP contribution is 2.56. The fourth-order valence-corrected chi connectivity index (χ4v) is 5.02. The van der Waals surface area contributed by atoms with Crippen molar-refractivity contribution in [2.24, 2.45) is 0 Å². The standard InChI is InChI=1S/C32H50O/c1-13-29(5,6)24-23(22-20-18-17-19-21-22)28(33)27(32(11,12)16-4)26(31(9,10)15-3)25(24)30(7,8)14-2/h17-21,33H,13-16H2,1-12H3. The van der Waals surface area contributed by atoms with Gasteiger partial charge in [-0.15, -0.1) is 0 Å². The summed E-state index contributed by atoms with van der Waals surface area (Å²) >= 11 is 0. The lowest BCUT2D eigenvalue weighted by atomic mass is 9.59. The van der Waals surface area contributed by atoms with E-state index >= 15 is 0 Å². The van der Waals surface area contributed by atoms with Gasteiger partial charge in [0.25, 0.3) is 0 Å². The Morgan fingerprint density at radius 2 is 0.848 bits per heavy atom. The maximum absolute atomic E-state index is 12.3. The van der Waals surface area contributed by atoms with Crippen LogP contribution < -0.4 is 0 Å².